The van der Waals surface area contributed by atoms with E-state index < -0.39 is 20.7 Å². The van der Waals surface area contributed by atoms with Gasteiger partial charge in [0, 0.05) is 19.3 Å². The zero-order valence-corrected chi connectivity index (χ0v) is 11.1. The third-order valence-corrected chi connectivity index (χ3v) is 4.55. The average Bonchev–Trinajstić information content (AvgIpc) is 2.39. The maximum absolute atomic E-state index is 13.6. The first kappa shape index (κ1) is 14.4. The summed E-state index contributed by atoms with van der Waals surface area (Å²) in [5, 5.41) is 8.99. The highest BCUT2D eigenvalue weighted by Gasteiger charge is 2.24. The third-order valence-electron chi connectivity index (χ3n) is 3.01. The first-order valence-corrected chi connectivity index (χ1v) is 7.50. The highest BCUT2D eigenvalue weighted by Crippen LogP contribution is 2.18. The molecule has 0 atom stereocenters. The van der Waals surface area contributed by atoms with Crippen molar-refractivity contribution in [3.63, 3.8) is 0 Å². The van der Waals surface area contributed by atoms with E-state index in [9.17, 15) is 12.8 Å². The van der Waals surface area contributed by atoms with E-state index in [0.717, 1.165) is 12.1 Å². The molecular formula is C12H16FNO4S. The lowest BCUT2D eigenvalue weighted by Gasteiger charge is -2.23. The largest absolute Gasteiger partial charge is 0.392 e. The summed E-state index contributed by atoms with van der Waals surface area (Å²) in [5.41, 5.74) is 0.355. The number of sulfonamides is 1. The Morgan fingerprint density at radius 3 is 2.68 bits per heavy atom. The second-order valence-corrected chi connectivity index (χ2v) is 6.11. The Balaban J connectivity index is 2.23. The fourth-order valence-corrected chi connectivity index (χ4v) is 3.38. The normalized spacial score (nSPS) is 17.6. The highest BCUT2D eigenvalue weighted by atomic mass is 32.2. The summed E-state index contributed by atoms with van der Waals surface area (Å²) in [5.74, 6) is -0.822. The van der Waals surface area contributed by atoms with Crippen molar-refractivity contribution in [1.29, 1.82) is 0 Å². The molecule has 1 saturated heterocycles. The molecule has 1 heterocycles. The van der Waals surface area contributed by atoms with Crippen molar-refractivity contribution in [2.75, 3.05) is 13.2 Å². The second-order valence-electron chi connectivity index (χ2n) is 4.43. The number of rotatable bonds is 4. The van der Waals surface area contributed by atoms with E-state index in [1.54, 1.807) is 0 Å². The number of hydrogen-bond acceptors (Lipinski definition) is 4. The Labute approximate surface area is 111 Å². The van der Waals surface area contributed by atoms with Crippen LogP contribution in [0.4, 0.5) is 4.39 Å². The second kappa shape index (κ2) is 5.96. The van der Waals surface area contributed by atoms with Crippen molar-refractivity contribution in [3.05, 3.63) is 29.6 Å². The summed E-state index contributed by atoms with van der Waals surface area (Å²) in [4.78, 5) is -0.425. The minimum atomic E-state index is -3.91. The van der Waals surface area contributed by atoms with Crippen molar-refractivity contribution in [3.8, 4) is 0 Å². The summed E-state index contributed by atoms with van der Waals surface area (Å²) in [6, 6.07) is 3.31. The van der Waals surface area contributed by atoms with Gasteiger partial charge in [-0.1, -0.05) is 6.07 Å². The maximum atomic E-state index is 13.6. The van der Waals surface area contributed by atoms with Crippen LogP contribution in [0.2, 0.25) is 0 Å². The topological polar surface area (TPSA) is 75.6 Å². The molecule has 7 heteroatoms. The van der Waals surface area contributed by atoms with Crippen LogP contribution < -0.4 is 4.72 Å². The Morgan fingerprint density at radius 2 is 2.05 bits per heavy atom. The third kappa shape index (κ3) is 3.50. The molecular weight excluding hydrogens is 273 g/mol. The van der Waals surface area contributed by atoms with Gasteiger partial charge in [-0.2, -0.15) is 0 Å². The minimum Gasteiger partial charge on any atom is -0.392 e. The molecule has 1 aliphatic rings. The van der Waals surface area contributed by atoms with E-state index in [-0.39, 0.29) is 12.6 Å². The van der Waals surface area contributed by atoms with Gasteiger partial charge in [0.2, 0.25) is 10.0 Å². The van der Waals surface area contributed by atoms with Gasteiger partial charge in [-0.25, -0.2) is 17.5 Å². The van der Waals surface area contributed by atoms with Crippen molar-refractivity contribution in [2.24, 2.45) is 0 Å². The Kier molecular flexibility index (Phi) is 4.51. The van der Waals surface area contributed by atoms with Crippen molar-refractivity contribution in [1.82, 2.24) is 4.72 Å². The van der Waals surface area contributed by atoms with Crippen LogP contribution in [-0.4, -0.2) is 32.8 Å². The Bertz CT molecular complexity index is 541. The summed E-state index contributed by atoms with van der Waals surface area (Å²) in [6.45, 7) is 0.652. The molecule has 0 bridgehead atoms. The lowest BCUT2D eigenvalue weighted by atomic mass is 10.1. The van der Waals surface area contributed by atoms with Gasteiger partial charge in [0.05, 0.1) is 6.61 Å². The fourth-order valence-electron chi connectivity index (χ4n) is 1.95. The van der Waals surface area contributed by atoms with E-state index in [4.69, 9.17) is 9.84 Å². The molecule has 0 saturated carbocycles. The van der Waals surface area contributed by atoms with Gasteiger partial charge in [-0.3, -0.25) is 0 Å². The van der Waals surface area contributed by atoms with E-state index in [1.807, 2.05) is 0 Å². The van der Waals surface area contributed by atoms with Gasteiger partial charge in [0.25, 0.3) is 0 Å². The van der Waals surface area contributed by atoms with Gasteiger partial charge < -0.3 is 9.84 Å². The number of ether oxygens (including phenoxy) is 1. The van der Waals surface area contributed by atoms with Crippen LogP contribution in [0.1, 0.15) is 18.4 Å². The average molecular weight is 289 g/mol. The predicted octanol–water partition coefficient (Wildman–Crippen LogP) is 0.775. The molecule has 0 aromatic heterocycles. The zero-order valence-electron chi connectivity index (χ0n) is 10.3. The van der Waals surface area contributed by atoms with E-state index in [1.165, 1.54) is 6.07 Å². The molecule has 19 heavy (non-hydrogen) atoms. The standard InChI is InChI=1S/C12H16FNO4S/c13-11-2-1-9(8-15)7-12(11)19(16,17)14-10-3-5-18-6-4-10/h1-2,7,10,14-15H,3-6,8H2. The van der Waals surface area contributed by atoms with Crippen LogP contribution in [0, 0.1) is 5.82 Å². The smallest absolute Gasteiger partial charge is 0.243 e. The maximum Gasteiger partial charge on any atom is 0.243 e. The molecule has 1 aliphatic heterocycles. The molecule has 2 rings (SSSR count). The lowest BCUT2D eigenvalue weighted by Crippen LogP contribution is -2.39. The minimum absolute atomic E-state index is 0.240. The molecule has 1 fully saturated rings. The Morgan fingerprint density at radius 1 is 1.37 bits per heavy atom. The van der Waals surface area contributed by atoms with E-state index in [0.29, 0.717) is 31.6 Å². The molecule has 0 amide bonds. The summed E-state index contributed by atoms with van der Waals surface area (Å²) in [7, 11) is -3.91. The first-order valence-electron chi connectivity index (χ1n) is 6.02. The molecule has 1 aromatic rings. The zero-order chi connectivity index (χ0) is 13.9. The van der Waals surface area contributed by atoms with E-state index >= 15 is 0 Å². The van der Waals surface area contributed by atoms with Crippen LogP contribution in [0.5, 0.6) is 0 Å². The van der Waals surface area contributed by atoms with Crippen LogP contribution in [-0.2, 0) is 21.4 Å². The van der Waals surface area contributed by atoms with Gasteiger partial charge in [0.1, 0.15) is 10.7 Å². The first-order chi connectivity index (χ1) is 9.03. The van der Waals surface area contributed by atoms with Crippen molar-refractivity contribution >= 4 is 10.0 Å². The quantitative estimate of drug-likeness (QED) is 0.858. The lowest BCUT2D eigenvalue weighted by molar-refractivity contribution is 0.0832. The summed E-state index contributed by atoms with van der Waals surface area (Å²) >= 11 is 0. The molecule has 5 nitrogen and oxygen atoms in total. The van der Waals surface area contributed by atoms with E-state index in [2.05, 4.69) is 4.72 Å². The predicted molar refractivity (Wildman–Crippen MR) is 66.5 cm³/mol. The Hall–Kier alpha value is -1.02. The van der Waals surface area contributed by atoms with Crippen LogP contribution >= 0.6 is 0 Å². The molecule has 0 spiro atoms. The van der Waals surface area contributed by atoms with Gasteiger partial charge in [-0.15, -0.1) is 0 Å². The number of nitrogens with one attached hydrogen (secondary N) is 1. The SMILES string of the molecule is O=S(=O)(NC1CCOCC1)c1cc(CO)ccc1F. The molecule has 2 N–H and O–H groups in total. The van der Waals surface area contributed by atoms with Gasteiger partial charge in [0.15, 0.2) is 0 Å². The molecule has 0 radical (unpaired) electrons. The number of halogens is 1. The number of benzene rings is 1. The van der Waals surface area contributed by atoms with Gasteiger partial charge >= 0.3 is 0 Å². The monoisotopic (exact) mass is 289 g/mol. The van der Waals surface area contributed by atoms with Gasteiger partial charge in [-0.05, 0) is 30.5 Å². The van der Waals surface area contributed by atoms with Crippen LogP contribution in [0.3, 0.4) is 0 Å². The van der Waals surface area contributed by atoms with Crippen molar-refractivity contribution < 1.29 is 22.7 Å². The molecule has 0 aliphatic carbocycles. The van der Waals surface area contributed by atoms with Crippen molar-refractivity contribution in [2.45, 2.75) is 30.4 Å². The number of aliphatic hydroxyl groups excluding tert-OH is 1. The number of hydrogen-bond donors (Lipinski definition) is 2. The van der Waals surface area contributed by atoms with Crippen LogP contribution in [0.15, 0.2) is 23.1 Å². The van der Waals surface area contributed by atoms with Crippen LogP contribution in [0.25, 0.3) is 0 Å². The molecule has 106 valence electrons. The molecule has 1 aromatic carbocycles. The summed E-state index contributed by atoms with van der Waals surface area (Å²) in [6.07, 6.45) is 1.14. The fraction of sp³-hybridized carbons (Fsp3) is 0.500. The molecule has 0 unspecified atom stereocenters. The number of aliphatic hydroxyl groups is 1. The summed E-state index contributed by atoms with van der Waals surface area (Å²) < 4.78 is 45.5. The highest BCUT2D eigenvalue weighted by molar-refractivity contribution is 7.89.